The van der Waals surface area contributed by atoms with Crippen molar-refractivity contribution in [3.63, 3.8) is 0 Å². The molecular formula is C8H14N2O2. The topological polar surface area (TPSA) is 50.4 Å². The first-order chi connectivity index (χ1) is 5.54. The van der Waals surface area contributed by atoms with Crippen LogP contribution in [0.4, 0.5) is 0 Å². The molecule has 1 aliphatic heterocycles. The Bertz CT molecular complexity index is 206. The molecule has 1 amide bonds. The van der Waals surface area contributed by atoms with Crippen molar-refractivity contribution in [1.82, 2.24) is 10.8 Å². The molecule has 1 atom stereocenters. The van der Waals surface area contributed by atoms with Gasteiger partial charge in [-0.3, -0.25) is 10.1 Å². The third-order valence-corrected chi connectivity index (χ3v) is 1.75. The first kappa shape index (κ1) is 9.06. The molecule has 4 nitrogen and oxygen atoms in total. The van der Waals surface area contributed by atoms with E-state index < -0.39 is 0 Å². The molecule has 1 rings (SSSR count). The van der Waals surface area contributed by atoms with Crippen molar-refractivity contribution in [2.45, 2.75) is 26.8 Å². The first-order valence-corrected chi connectivity index (χ1v) is 3.88. The standard InChI is InChI=1S/C8H14N2O2/c1-8(2,3)6-4-7(9-5-11)12-10-6/h4-6,10H,1-3H3,(H,9,11). The first-order valence-electron chi connectivity index (χ1n) is 3.88. The molecule has 0 aliphatic carbocycles. The molecule has 2 N–H and O–H groups in total. The van der Waals surface area contributed by atoms with Gasteiger partial charge in [-0.15, -0.1) is 5.48 Å². The van der Waals surface area contributed by atoms with E-state index in [9.17, 15) is 4.79 Å². The summed E-state index contributed by atoms with van der Waals surface area (Å²) in [7, 11) is 0. The second-order valence-corrected chi connectivity index (χ2v) is 3.86. The van der Waals surface area contributed by atoms with E-state index in [1.165, 1.54) is 0 Å². The Labute approximate surface area is 71.9 Å². The Morgan fingerprint density at radius 3 is 2.75 bits per heavy atom. The van der Waals surface area contributed by atoms with E-state index in [2.05, 4.69) is 31.6 Å². The van der Waals surface area contributed by atoms with Crippen LogP contribution >= 0.6 is 0 Å². The minimum absolute atomic E-state index is 0.0896. The van der Waals surface area contributed by atoms with Gasteiger partial charge >= 0.3 is 0 Å². The lowest BCUT2D eigenvalue weighted by atomic mass is 9.87. The molecule has 0 saturated carbocycles. The number of nitrogens with one attached hydrogen (secondary N) is 2. The highest BCUT2D eigenvalue weighted by Crippen LogP contribution is 2.23. The highest BCUT2D eigenvalue weighted by molar-refractivity contribution is 5.49. The lowest BCUT2D eigenvalue weighted by Crippen LogP contribution is -2.34. The second kappa shape index (κ2) is 3.15. The van der Waals surface area contributed by atoms with Crippen molar-refractivity contribution in [2.75, 3.05) is 0 Å². The summed E-state index contributed by atoms with van der Waals surface area (Å²) in [5, 5.41) is 2.44. The van der Waals surface area contributed by atoms with Crippen LogP contribution in [0, 0.1) is 5.41 Å². The molecule has 1 aliphatic rings. The quantitative estimate of drug-likeness (QED) is 0.594. The Kier molecular flexibility index (Phi) is 2.38. The van der Waals surface area contributed by atoms with E-state index in [0.29, 0.717) is 12.3 Å². The minimum atomic E-state index is 0.0896. The molecule has 0 bridgehead atoms. The number of amides is 1. The molecule has 68 valence electrons. The molecule has 1 heterocycles. The number of carbonyl (C=O) groups is 1. The number of hydroxylamine groups is 1. The van der Waals surface area contributed by atoms with Crippen molar-refractivity contribution < 1.29 is 9.63 Å². The van der Waals surface area contributed by atoms with Crippen LogP contribution in [-0.4, -0.2) is 12.5 Å². The van der Waals surface area contributed by atoms with Gasteiger partial charge in [0, 0.05) is 0 Å². The Hall–Kier alpha value is -1.03. The third-order valence-electron chi connectivity index (χ3n) is 1.75. The lowest BCUT2D eigenvalue weighted by Gasteiger charge is -2.23. The fraction of sp³-hybridized carbons (Fsp3) is 0.625. The number of rotatable bonds is 2. The van der Waals surface area contributed by atoms with Gasteiger partial charge in [-0.2, -0.15) is 0 Å². The van der Waals surface area contributed by atoms with Gasteiger partial charge in [0.15, 0.2) is 0 Å². The molecule has 4 heteroatoms. The van der Waals surface area contributed by atoms with Crippen molar-refractivity contribution >= 4 is 6.41 Å². The SMILES string of the molecule is CC(C)(C)C1C=C(NC=O)ON1. The van der Waals surface area contributed by atoms with Crippen LogP contribution in [0.25, 0.3) is 0 Å². The predicted octanol–water partition coefficient (Wildman–Crippen LogP) is 0.523. The Morgan fingerprint density at radius 2 is 2.33 bits per heavy atom. The normalized spacial score (nSPS) is 22.9. The maximum atomic E-state index is 10.1. The van der Waals surface area contributed by atoms with Crippen LogP contribution in [0.5, 0.6) is 0 Å². The maximum Gasteiger partial charge on any atom is 0.216 e. The fourth-order valence-electron chi connectivity index (χ4n) is 0.909. The van der Waals surface area contributed by atoms with Gasteiger partial charge in [0.1, 0.15) is 0 Å². The summed E-state index contributed by atoms with van der Waals surface area (Å²) in [6, 6.07) is 0.139. The molecule has 0 aromatic carbocycles. The molecular weight excluding hydrogens is 156 g/mol. The van der Waals surface area contributed by atoms with Crippen LogP contribution in [-0.2, 0) is 9.63 Å². The molecule has 12 heavy (non-hydrogen) atoms. The van der Waals surface area contributed by atoms with Gasteiger partial charge in [-0.1, -0.05) is 20.8 Å². The molecule has 1 unspecified atom stereocenters. The number of hydrogen-bond acceptors (Lipinski definition) is 3. The summed E-state index contributed by atoms with van der Waals surface area (Å²) in [5.41, 5.74) is 2.91. The van der Waals surface area contributed by atoms with Crippen molar-refractivity contribution in [3.05, 3.63) is 12.0 Å². The molecule has 0 radical (unpaired) electrons. The van der Waals surface area contributed by atoms with E-state index in [1.54, 1.807) is 0 Å². The molecule has 0 fully saturated rings. The van der Waals surface area contributed by atoms with Gasteiger partial charge in [0.2, 0.25) is 12.3 Å². The van der Waals surface area contributed by atoms with E-state index in [4.69, 9.17) is 4.84 Å². The van der Waals surface area contributed by atoms with E-state index in [0.717, 1.165) is 0 Å². The number of carbonyl (C=O) groups excluding carboxylic acids is 1. The van der Waals surface area contributed by atoms with Crippen LogP contribution in [0.1, 0.15) is 20.8 Å². The second-order valence-electron chi connectivity index (χ2n) is 3.86. The van der Waals surface area contributed by atoms with Crippen LogP contribution in [0.15, 0.2) is 12.0 Å². The molecule has 0 spiro atoms. The van der Waals surface area contributed by atoms with Crippen molar-refractivity contribution in [1.29, 1.82) is 0 Å². The zero-order chi connectivity index (χ0) is 9.19. The maximum absolute atomic E-state index is 10.1. The molecule has 0 aromatic rings. The highest BCUT2D eigenvalue weighted by Gasteiger charge is 2.28. The lowest BCUT2D eigenvalue weighted by molar-refractivity contribution is -0.109. The monoisotopic (exact) mass is 170 g/mol. The Balaban J connectivity index is 2.58. The van der Waals surface area contributed by atoms with E-state index >= 15 is 0 Å². The van der Waals surface area contributed by atoms with Crippen molar-refractivity contribution in [2.24, 2.45) is 5.41 Å². The highest BCUT2D eigenvalue weighted by atomic mass is 16.7. The summed E-state index contributed by atoms with van der Waals surface area (Å²) >= 11 is 0. The van der Waals surface area contributed by atoms with Crippen molar-refractivity contribution in [3.8, 4) is 0 Å². The van der Waals surface area contributed by atoms with Gasteiger partial charge in [0.25, 0.3) is 0 Å². The minimum Gasteiger partial charge on any atom is -0.390 e. The molecule has 0 aromatic heterocycles. The fourth-order valence-corrected chi connectivity index (χ4v) is 0.909. The van der Waals surface area contributed by atoms with Crippen LogP contribution < -0.4 is 10.8 Å². The summed E-state index contributed by atoms with van der Waals surface area (Å²) in [5.74, 6) is 0.477. The van der Waals surface area contributed by atoms with Gasteiger partial charge in [-0.05, 0) is 11.5 Å². The van der Waals surface area contributed by atoms with E-state index in [-0.39, 0.29) is 11.5 Å². The summed E-state index contributed by atoms with van der Waals surface area (Å²) < 4.78 is 0. The zero-order valence-corrected chi connectivity index (χ0v) is 7.55. The Morgan fingerprint density at radius 1 is 1.67 bits per heavy atom. The van der Waals surface area contributed by atoms with Gasteiger partial charge in [0.05, 0.1) is 6.04 Å². The van der Waals surface area contributed by atoms with E-state index in [1.807, 2.05) is 6.08 Å². The zero-order valence-electron chi connectivity index (χ0n) is 7.55. The number of hydrogen-bond donors (Lipinski definition) is 2. The average Bonchev–Trinajstić information content (AvgIpc) is 2.35. The third kappa shape index (κ3) is 1.98. The predicted molar refractivity (Wildman–Crippen MR) is 44.7 cm³/mol. The van der Waals surface area contributed by atoms with Crippen LogP contribution in [0.2, 0.25) is 0 Å². The smallest absolute Gasteiger partial charge is 0.216 e. The summed E-state index contributed by atoms with van der Waals surface area (Å²) in [4.78, 5) is 15.1. The average molecular weight is 170 g/mol. The van der Waals surface area contributed by atoms with Gasteiger partial charge < -0.3 is 4.84 Å². The van der Waals surface area contributed by atoms with Crippen LogP contribution in [0.3, 0.4) is 0 Å². The largest absolute Gasteiger partial charge is 0.390 e. The molecule has 0 saturated heterocycles. The summed E-state index contributed by atoms with van der Waals surface area (Å²) in [6.07, 6.45) is 2.45. The summed E-state index contributed by atoms with van der Waals surface area (Å²) in [6.45, 7) is 6.27. The van der Waals surface area contributed by atoms with Gasteiger partial charge in [-0.25, -0.2) is 0 Å².